The van der Waals surface area contributed by atoms with Crippen molar-refractivity contribution in [1.82, 2.24) is 10.3 Å². The molecule has 1 atom stereocenters. The van der Waals surface area contributed by atoms with E-state index in [4.69, 9.17) is 0 Å². The summed E-state index contributed by atoms with van der Waals surface area (Å²) in [4.78, 5) is 7.00. The Labute approximate surface area is 93.3 Å². The summed E-state index contributed by atoms with van der Waals surface area (Å²) in [6.07, 6.45) is 5.81. The normalized spacial score (nSPS) is 22.0. The molecule has 1 aliphatic heterocycles. The van der Waals surface area contributed by atoms with Crippen LogP contribution in [0.4, 0.5) is 0 Å². The number of fused-ring (bicyclic) bond motifs is 1. The smallest absolute Gasteiger partial charge is 0.123 e. The molecule has 2 nitrogen and oxygen atoms in total. The second-order valence-electron chi connectivity index (χ2n) is 4.05. The minimum absolute atomic E-state index is 0.568. The molecule has 3 rings (SSSR count). The molecule has 1 saturated heterocycles. The highest BCUT2D eigenvalue weighted by atomic mass is 32.1. The van der Waals surface area contributed by atoms with Crippen molar-refractivity contribution in [3.63, 3.8) is 0 Å². The summed E-state index contributed by atoms with van der Waals surface area (Å²) < 4.78 is 0. The van der Waals surface area contributed by atoms with E-state index in [0.29, 0.717) is 6.04 Å². The molecule has 3 heterocycles. The van der Waals surface area contributed by atoms with Gasteiger partial charge in [-0.15, -0.1) is 11.3 Å². The molecule has 0 spiro atoms. The first-order valence-electron chi connectivity index (χ1n) is 5.51. The van der Waals surface area contributed by atoms with Crippen LogP contribution in [-0.2, 0) is 0 Å². The maximum absolute atomic E-state index is 4.39. The molecule has 78 valence electrons. The van der Waals surface area contributed by atoms with Gasteiger partial charge in [0.2, 0.25) is 0 Å². The predicted molar refractivity (Wildman–Crippen MR) is 64.2 cm³/mol. The van der Waals surface area contributed by atoms with Crippen molar-refractivity contribution in [3.8, 4) is 0 Å². The summed E-state index contributed by atoms with van der Waals surface area (Å²) >= 11 is 1.83. The summed E-state index contributed by atoms with van der Waals surface area (Å²) in [7, 11) is 0. The van der Waals surface area contributed by atoms with Crippen molar-refractivity contribution in [2.45, 2.75) is 25.3 Å². The zero-order valence-electron chi connectivity index (χ0n) is 8.57. The molecule has 1 N–H and O–H groups in total. The van der Waals surface area contributed by atoms with Gasteiger partial charge in [-0.2, -0.15) is 0 Å². The molecule has 0 saturated carbocycles. The van der Waals surface area contributed by atoms with Crippen molar-refractivity contribution in [2.24, 2.45) is 0 Å². The highest BCUT2D eigenvalue weighted by molar-refractivity contribution is 7.18. The van der Waals surface area contributed by atoms with E-state index in [1.54, 1.807) is 0 Å². The van der Waals surface area contributed by atoms with E-state index in [1.165, 1.54) is 34.4 Å². The highest BCUT2D eigenvalue weighted by Crippen LogP contribution is 2.32. The summed E-state index contributed by atoms with van der Waals surface area (Å²) in [6.45, 7) is 1.16. The molecular formula is C12H14N2S. The van der Waals surface area contributed by atoms with Crippen LogP contribution in [0.15, 0.2) is 24.4 Å². The van der Waals surface area contributed by atoms with Crippen molar-refractivity contribution in [3.05, 3.63) is 29.3 Å². The summed E-state index contributed by atoms with van der Waals surface area (Å²) in [5.41, 5.74) is 0. The summed E-state index contributed by atoms with van der Waals surface area (Å²) in [5, 5.41) is 4.86. The lowest BCUT2D eigenvalue weighted by Gasteiger charge is -2.21. The molecule has 0 amide bonds. The highest BCUT2D eigenvalue weighted by Gasteiger charge is 2.16. The second kappa shape index (κ2) is 3.91. The van der Waals surface area contributed by atoms with Crippen LogP contribution in [0.25, 0.3) is 10.2 Å². The van der Waals surface area contributed by atoms with Gasteiger partial charge in [-0.1, -0.05) is 12.5 Å². The molecule has 0 aromatic carbocycles. The molecule has 1 fully saturated rings. The first-order valence-corrected chi connectivity index (χ1v) is 6.33. The Hall–Kier alpha value is -0.930. The number of thiophene rings is 1. The third-order valence-electron chi connectivity index (χ3n) is 2.97. The fraction of sp³-hybridized carbons (Fsp3) is 0.417. The van der Waals surface area contributed by atoms with Crippen LogP contribution >= 0.6 is 11.3 Å². The molecule has 3 heteroatoms. The topological polar surface area (TPSA) is 24.9 Å². The largest absolute Gasteiger partial charge is 0.309 e. The number of hydrogen-bond donors (Lipinski definition) is 1. The predicted octanol–water partition coefficient (Wildman–Crippen LogP) is 3.11. The van der Waals surface area contributed by atoms with E-state index in [1.807, 2.05) is 23.6 Å². The van der Waals surface area contributed by atoms with E-state index in [-0.39, 0.29) is 0 Å². The van der Waals surface area contributed by atoms with E-state index in [9.17, 15) is 0 Å². The van der Waals surface area contributed by atoms with Crippen molar-refractivity contribution in [2.75, 3.05) is 6.54 Å². The van der Waals surface area contributed by atoms with Gasteiger partial charge in [0.25, 0.3) is 0 Å². The molecule has 1 aliphatic rings. The van der Waals surface area contributed by atoms with Gasteiger partial charge in [0, 0.05) is 22.5 Å². The van der Waals surface area contributed by atoms with Gasteiger partial charge in [-0.25, -0.2) is 4.98 Å². The first kappa shape index (κ1) is 9.31. The Kier molecular flexibility index (Phi) is 2.43. The minimum atomic E-state index is 0.568. The van der Waals surface area contributed by atoms with Gasteiger partial charge in [0.15, 0.2) is 0 Å². The molecule has 15 heavy (non-hydrogen) atoms. The molecular weight excluding hydrogens is 204 g/mol. The van der Waals surface area contributed by atoms with Gasteiger partial charge < -0.3 is 5.32 Å². The van der Waals surface area contributed by atoms with Crippen LogP contribution in [0.2, 0.25) is 0 Å². The number of rotatable bonds is 1. The number of aromatic nitrogens is 1. The third-order valence-corrected chi connectivity index (χ3v) is 4.14. The van der Waals surface area contributed by atoms with Crippen LogP contribution in [0, 0.1) is 0 Å². The van der Waals surface area contributed by atoms with E-state index < -0.39 is 0 Å². The SMILES string of the molecule is c1cnc2sc(C3CCCCN3)cc2c1. The molecule has 1 unspecified atom stereocenters. The van der Waals surface area contributed by atoms with Crippen LogP contribution in [0.1, 0.15) is 30.2 Å². The van der Waals surface area contributed by atoms with Crippen LogP contribution < -0.4 is 5.32 Å². The average molecular weight is 218 g/mol. The maximum atomic E-state index is 4.39. The zero-order valence-corrected chi connectivity index (χ0v) is 9.39. The van der Waals surface area contributed by atoms with Gasteiger partial charge in [-0.05, 0) is 31.5 Å². The van der Waals surface area contributed by atoms with Crippen molar-refractivity contribution in [1.29, 1.82) is 0 Å². The van der Waals surface area contributed by atoms with Gasteiger partial charge >= 0.3 is 0 Å². The Morgan fingerprint density at radius 2 is 2.40 bits per heavy atom. The minimum Gasteiger partial charge on any atom is -0.309 e. The lowest BCUT2D eigenvalue weighted by atomic mass is 10.0. The number of nitrogens with one attached hydrogen (secondary N) is 1. The first-order chi connectivity index (χ1) is 7.43. The van der Waals surface area contributed by atoms with Crippen LogP contribution in [0.5, 0.6) is 0 Å². The Morgan fingerprint density at radius 1 is 1.40 bits per heavy atom. The Bertz CT molecular complexity index is 424. The number of pyridine rings is 1. The Morgan fingerprint density at radius 3 is 3.20 bits per heavy atom. The quantitative estimate of drug-likeness (QED) is 0.795. The van der Waals surface area contributed by atoms with E-state index >= 15 is 0 Å². The van der Waals surface area contributed by atoms with Gasteiger partial charge in [0.05, 0.1) is 0 Å². The zero-order chi connectivity index (χ0) is 10.1. The van der Waals surface area contributed by atoms with Crippen LogP contribution in [-0.4, -0.2) is 11.5 Å². The summed E-state index contributed by atoms with van der Waals surface area (Å²) in [5.74, 6) is 0. The molecule has 2 aromatic rings. The fourth-order valence-corrected chi connectivity index (χ4v) is 3.27. The maximum Gasteiger partial charge on any atom is 0.123 e. The van der Waals surface area contributed by atoms with Crippen molar-refractivity contribution < 1.29 is 0 Å². The fourth-order valence-electron chi connectivity index (χ4n) is 2.16. The number of nitrogens with zero attached hydrogens (tertiary/aromatic N) is 1. The van der Waals surface area contributed by atoms with Crippen LogP contribution in [0.3, 0.4) is 0 Å². The lowest BCUT2D eigenvalue weighted by molar-refractivity contribution is 0.417. The number of piperidine rings is 1. The Balaban J connectivity index is 1.96. The van der Waals surface area contributed by atoms with E-state index in [2.05, 4.69) is 22.4 Å². The van der Waals surface area contributed by atoms with E-state index in [0.717, 1.165) is 6.54 Å². The lowest BCUT2D eigenvalue weighted by Crippen LogP contribution is -2.25. The van der Waals surface area contributed by atoms with Gasteiger partial charge in [0.1, 0.15) is 4.83 Å². The monoisotopic (exact) mass is 218 g/mol. The molecule has 0 radical (unpaired) electrons. The second-order valence-corrected chi connectivity index (χ2v) is 5.11. The third kappa shape index (κ3) is 1.77. The molecule has 2 aromatic heterocycles. The average Bonchev–Trinajstić information content (AvgIpc) is 2.74. The van der Waals surface area contributed by atoms with Crippen molar-refractivity contribution >= 4 is 21.6 Å². The molecule has 0 bridgehead atoms. The number of hydrogen-bond acceptors (Lipinski definition) is 3. The standard InChI is InChI=1S/C12H14N2S/c1-2-6-13-10(5-1)11-8-9-4-3-7-14-12(9)15-11/h3-4,7-8,10,13H,1-2,5-6H2. The van der Waals surface area contributed by atoms with Gasteiger partial charge in [-0.3, -0.25) is 0 Å². The summed E-state index contributed by atoms with van der Waals surface area (Å²) in [6, 6.07) is 7.01. The molecule has 0 aliphatic carbocycles.